The van der Waals surface area contributed by atoms with Crippen LogP contribution in [0.5, 0.6) is 0 Å². The standard InChI is InChI=1S/C36H52N6O6/c1-23(2)17-29(35(47)39-22-33(45)40-28(34(46)24(3)4)18-26-13-9-7-10-14-26)42-36(48)30(19-27-15-11-8-12-16-27)41-32(44)21-38-31(43)20-37-25(5)6/h7-16,23-25,28-30,37H,17-22H2,1-6H3,(H,38,43)(H,39,47)(H,40,45)(H,41,44)(H,42,48)/t28-,29-,30-/m0/s1. The lowest BCUT2D eigenvalue weighted by Crippen LogP contribution is -2.56. The monoisotopic (exact) mass is 664 g/mol. The third kappa shape index (κ3) is 15.3. The number of carbonyl (C=O) groups excluding carboxylic acids is 6. The van der Waals surface area contributed by atoms with Gasteiger partial charge in [0.25, 0.3) is 0 Å². The van der Waals surface area contributed by atoms with Gasteiger partial charge in [0.2, 0.25) is 29.5 Å². The van der Waals surface area contributed by atoms with E-state index in [0.717, 1.165) is 11.1 Å². The van der Waals surface area contributed by atoms with Crippen LogP contribution in [0.3, 0.4) is 0 Å². The summed E-state index contributed by atoms with van der Waals surface area (Å²) < 4.78 is 0. The van der Waals surface area contributed by atoms with Crippen molar-refractivity contribution in [1.82, 2.24) is 31.9 Å². The molecule has 0 saturated heterocycles. The number of amides is 5. The van der Waals surface area contributed by atoms with Crippen molar-refractivity contribution < 1.29 is 28.8 Å². The van der Waals surface area contributed by atoms with Gasteiger partial charge in [-0.25, -0.2) is 0 Å². The molecule has 0 aliphatic heterocycles. The van der Waals surface area contributed by atoms with Crippen LogP contribution >= 0.6 is 0 Å². The molecule has 0 spiro atoms. The van der Waals surface area contributed by atoms with E-state index in [1.165, 1.54) is 0 Å². The molecule has 0 fully saturated rings. The third-order valence-corrected chi connectivity index (χ3v) is 7.34. The molecule has 12 heteroatoms. The molecule has 0 unspecified atom stereocenters. The average Bonchev–Trinajstić information content (AvgIpc) is 3.04. The quantitative estimate of drug-likeness (QED) is 0.124. The Morgan fingerprint density at radius 1 is 0.542 bits per heavy atom. The van der Waals surface area contributed by atoms with Gasteiger partial charge in [0.1, 0.15) is 12.1 Å². The summed E-state index contributed by atoms with van der Waals surface area (Å²) >= 11 is 0. The maximum Gasteiger partial charge on any atom is 0.243 e. The first kappa shape index (κ1) is 39.6. The Morgan fingerprint density at radius 3 is 1.54 bits per heavy atom. The fourth-order valence-electron chi connectivity index (χ4n) is 4.83. The van der Waals surface area contributed by atoms with Crippen LogP contribution in [0.4, 0.5) is 0 Å². The number of benzene rings is 2. The first-order valence-corrected chi connectivity index (χ1v) is 16.5. The van der Waals surface area contributed by atoms with Gasteiger partial charge in [0.15, 0.2) is 5.78 Å². The zero-order valence-electron chi connectivity index (χ0n) is 28.9. The summed E-state index contributed by atoms with van der Waals surface area (Å²) in [6, 6.07) is 15.7. The maximum atomic E-state index is 13.6. The van der Waals surface area contributed by atoms with Crippen molar-refractivity contribution in [2.45, 2.75) is 85.0 Å². The molecule has 0 saturated carbocycles. The Kier molecular flexibility index (Phi) is 17.0. The number of nitrogens with one attached hydrogen (secondary N) is 6. The second-order valence-electron chi connectivity index (χ2n) is 12.9. The fourth-order valence-corrected chi connectivity index (χ4v) is 4.83. The molecule has 0 bridgehead atoms. The lowest BCUT2D eigenvalue weighted by atomic mass is 9.95. The van der Waals surface area contributed by atoms with Crippen molar-refractivity contribution in [3.8, 4) is 0 Å². The van der Waals surface area contributed by atoms with Crippen LogP contribution in [0.15, 0.2) is 60.7 Å². The highest BCUT2D eigenvalue weighted by Gasteiger charge is 2.29. The highest BCUT2D eigenvalue weighted by atomic mass is 16.2. The smallest absolute Gasteiger partial charge is 0.243 e. The topological polar surface area (TPSA) is 175 Å². The van der Waals surface area contributed by atoms with E-state index in [2.05, 4.69) is 31.9 Å². The number of carbonyl (C=O) groups is 6. The Labute approximate surface area is 284 Å². The summed E-state index contributed by atoms with van der Waals surface area (Å²) in [5.41, 5.74) is 1.67. The Balaban J connectivity index is 2.08. The minimum atomic E-state index is -1.04. The molecule has 3 atom stereocenters. The van der Waals surface area contributed by atoms with Crippen LogP contribution in [-0.4, -0.2) is 79.1 Å². The Morgan fingerprint density at radius 2 is 1.04 bits per heavy atom. The fraction of sp³-hybridized carbons (Fsp3) is 0.500. The molecular formula is C36H52N6O6. The number of ketones is 1. The number of Topliss-reactive ketones (excluding diaryl/α,β-unsaturated/α-hetero) is 1. The highest BCUT2D eigenvalue weighted by molar-refractivity contribution is 5.95. The first-order chi connectivity index (χ1) is 22.7. The van der Waals surface area contributed by atoms with Crippen molar-refractivity contribution in [2.24, 2.45) is 11.8 Å². The summed E-state index contributed by atoms with van der Waals surface area (Å²) in [6.07, 6.45) is 0.732. The number of hydrogen-bond acceptors (Lipinski definition) is 7. The van der Waals surface area contributed by atoms with Crippen molar-refractivity contribution in [3.05, 3.63) is 71.8 Å². The van der Waals surface area contributed by atoms with Gasteiger partial charge < -0.3 is 31.9 Å². The van der Waals surface area contributed by atoms with Crippen LogP contribution in [0.2, 0.25) is 0 Å². The van der Waals surface area contributed by atoms with Crippen LogP contribution in [-0.2, 0) is 41.6 Å². The zero-order valence-corrected chi connectivity index (χ0v) is 28.9. The first-order valence-electron chi connectivity index (χ1n) is 16.5. The van der Waals surface area contributed by atoms with Crippen molar-refractivity contribution >= 4 is 35.3 Å². The molecule has 2 rings (SSSR count). The number of rotatable bonds is 20. The predicted molar refractivity (Wildman–Crippen MR) is 185 cm³/mol. The minimum Gasteiger partial charge on any atom is -0.346 e. The van der Waals surface area contributed by atoms with E-state index in [-0.39, 0.29) is 55.5 Å². The minimum absolute atomic E-state index is 0.00520. The van der Waals surface area contributed by atoms with Gasteiger partial charge in [-0.3, -0.25) is 28.8 Å². The predicted octanol–water partition coefficient (Wildman–Crippen LogP) is 1.43. The van der Waals surface area contributed by atoms with Crippen molar-refractivity contribution in [1.29, 1.82) is 0 Å². The van der Waals surface area contributed by atoms with Gasteiger partial charge in [-0.05, 0) is 29.9 Å². The SMILES string of the molecule is CC(C)C[C@H](NC(=O)[C@H](Cc1ccccc1)NC(=O)CNC(=O)CNC(C)C)C(=O)NCC(=O)N[C@@H](Cc1ccccc1)C(=O)C(C)C. The van der Waals surface area contributed by atoms with Gasteiger partial charge in [-0.2, -0.15) is 0 Å². The van der Waals surface area contributed by atoms with Crippen LogP contribution in [0, 0.1) is 11.8 Å². The van der Waals surface area contributed by atoms with Gasteiger partial charge >= 0.3 is 0 Å². The second-order valence-corrected chi connectivity index (χ2v) is 12.9. The molecule has 5 amide bonds. The summed E-state index contributed by atoms with van der Waals surface area (Å²) in [5.74, 6) is -3.04. The summed E-state index contributed by atoms with van der Waals surface area (Å²) in [5, 5.41) is 16.3. The van der Waals surface area contributed by atoms with Crippen LogP contribution in [0.1, 0.15) is 59.1 Å². The van der Waals surface area contributed by atoms with E-state index in [9.17, 15) is 28.8 Å². The Hall–Kier alpha value is -4.58. The zero-order chi connectivity index (χ0) is 35.6. The van der Waals surface area contributed by atoms with E-state index < -0.39 is 48.3 Å². The number of hydrogen-bond donors (Lipinski definition) is 6. The van der Waals surface area contributed by atoms with E-state index in [0.29, 0.717) is 6.42 Å². The molecule has 0 heterocycles. The lowest BCUT2D eigenvalue weighted by molar-refractivity contribution is -0.133. The second kappa shape index (κ2) is 20.6. The molecular weight excluding hydrogens is 612 g/mol. The van der Waals surface area contributed by atoms with E-state index in [1.807, 2.05) is 88.4 Å². The summed E-state index contributed by atoms with van der Waals surface area (Å²) in [4.78, 5) is 77.5. The maximum absolute atomic E-state index is 13.6. The van der Waals surface area contributed by atoms with Crippen LogP contribution in [0.25, 0.3) is 0 Å². The van der Waals surface area contributed by atoms with E-state index >= 15 is 0 Å². The summed E-state index contributed by atoms with van der Waals surface area (Å²) in [6.45, 7) is 10.4. The molecule has 0 aromatic heterocycles. The largest absolute Gasteiger partial charge is 0.346 e. The normalized spacial score (nSPS) is 12.9. The molecule has 6 N–H and O–H groups in total. The van der Waals surface area contributed by atoms with Gasteiger partial charge in [0.05, 0.1) is 25.7 Å². The lowest BCUT2D eigenvalue weighted by Gasteiger charge is -2.25. The third-order valence-electron chi connectivity index (χ3n) is 7.34. The summed E-state index contributed by atoms with van der Waals surface area (Å²) in [7, 11) is 0. The molecule has 48 heavy (non-hydrogen) atoms. The van der Waals surface area contributed by atoms with Gasteiger partial charge in [-0.15, -0.1) is 0 Å². The highest BCUT2D eigenvalue weighted by Crippen LogP contribution is 2.10. The molecule has 2 aromatic rings. The van der Waals surface area contributed by atoms with E-state index in [4.69, 9.17) is 0 Å². The molecule has 0 aliphatic carbocycles. The van der Waals surface area contributed by atoms with Crippen molar-refractivity contribution in [3.63, 3.8) is 0 Å². The average molecular weight is 665 g/mol. The van der Waals surface area contributed by atoms with Crippen molar-refractivity contribution in [2.75, 3.05) is 19.6 Å². The van der Waals surface area contributed by atoms with E-state index in [1.54, 1.807) is 13.8 Å². The van der Waals surface area contributed by atoms with Crippen LogP contribution < -0.4 is 31.9 Å². The molecule has 262 valence electrons. The Bertz CT molecular complexity index is 1350. The molecule has 0 radical (unpaired) electrons. The molecule has 2 aromatic carbocycles. The molecule has 0 aliphatic rings. The van der Waals surface area contributed by atoms with Gasteiger partial charge in [0, 0.05) is 18.4 Å². The van der Waals surface area contributed by atoms with Gasteiger partial charge in [-0.1, -0.05) is 102 Å². The molecule has 12 nitrogen and oxygen atoms in total.